The molecule has 1 aromatic rings. The molecule has 1 rings (SSSR count). The number of benzene rings is 1. The molecule has 0 atom stereocenters. The van der Waals surface area contributed by atoms with Gasteiger partial charge in [-0.2, -0.15) is 0 Å². The molecule has 0 radical (unpaired) electrons. The van der Waals surface area contributed by atoms with E-state index in [0.29, 0.717) is 13.0 Å². The van der Waals surface area contributed by atoms with Crippen LogP contribution in [0.5, 0.6) is 0 Å². The summed E-state index contributed by atoms with van der Waals surface area (Å²) in [7, 11) is -7.18. The molecular formula is C16H26FN3O5S2. The van der Waals surface area contributed by atoms with Crippen molar-refractivity contribution in [1.82, 2.24) is 14.3 Å². The minimum atomic E-state index is -3.86. The maximum Gasteiger partial charge on any atom is 0.254 e. The van der Waals surface area contributed by atoms with Gasteiger partial charge in [0.25, 0.3) is 5.91 Å². The average Bonchev–Trinajstić information content (AvgIpc) is 2.52. The van der Waals surface area contributed by atoms with Crippen LogP contribution in [-0.4, -0.2) is 59.0 Å². The van der Waals surface area contributed by atoms with Gasteiger partial charge in [0.15, 0.2) is 0 Å². The Hall–Kier alpha value is -1.56. The average molecular weight is 424 g/mol. The predicted octanol–water partition coefficient (Wildman–Crippen LogP) is 0.914. The number of carbonyl (C=O) groups is 1. The SMILES string of the molecule is CCN(CCCNC(=O)c1cc(S(=O)(=O)NC(C)C)ccc1F)S(C)(=O)=O. The number of sulfonamides is 2. The standard InChI is InChI=1S/C16H26FN3O5S2/c1-5-20(26(4,22)23)10-6-9-18-16(21)14-11-13(7-8-15(14)17)27(24,25)19-12(2)3/h7-8,11-12,19H,5-6,9-10H2,1-4H3,(H,18,21). The molecule has 0 aromatic heterocycles. The highest BCUT2D eigenvalue weighted by Gasteiger charge is 2.20. The molecule has 0 aliphatic heterocycles. The second kappa shape index (κ2) is 9.58. The topological polar surface area (TPSA) is 113 Å². The normalized spacial score (nSPS) is 12.6. The lowest BCUT2D eigenvalue weighted by Gasteiger charge is -2.17. The first kappa shape index (κ1) is 23.5. The number of nitrogens with zero attached hydrogens (tertiary/aromatic N) is 1. The Morgan fingerprint density at radius 1 is 1.22 bits per heavy atom. The first-order valence-electron chi connectivity index (χ1n) is 8.43. The highest BCUT2D eigenvalue weighted by atomic mass is 32.2. The van der Waals surface area contributed by atoms with Crippen molar-refractivity contribution in [2.45, 2.75) is 38.1 Å². The van der Waals surface area contributed by atoms with Crippen molar-refractivity contribution in [3.8, 4) is 0 Å². The maximum atomic E-state index is 14.0. The number of rotatable bonds is 10. The summed E-state index contributed by atoms with van der Waals surface area (Å²) < 4.78 is 64.9. The molecule has 0 aliphatic carbocycles. The van der Waals surface area contributed by atoms with E-state index in [0.717, 1.165) is 24.5 Å². The molecular weight excluding hydrogens is 397 g/mol. The van der Waals surface area contributed by atoms with Gasteiger partial charge in [-0.25, -0.2) is 30.3 Å². The molecule has 0 spiro atoms. The zero-order valence-corrected chi connectivity index (χ0v) is 17.5. The Balaban J connectivity index is 2.79. The van der Waals surface area contributed by atoms with Crippen molar-refractivity contribution in [2.75, 3.05) is 25.9 Å². The molecule has 8 nitrogen and oxygen atoms in total. The van der Waals surface area contributed by atoms with Gasteiger partial charge in [0.2, 0.25) is 20.0 Å². The van der Waals surface area contributed by atoms with Crippen LogP contribution >= 0.6 is 0 Å². The zero-order valence-electron chi connectivity index (χ0n) is 15.8. The quantitative estimate of drug-likeness (QED) is 0.543. The van der Waals surface area contributed by atoms with Crippen molar-refractivity contribution in [1.29, 1.82) is 0 Å². The molecule has 27 heavy (non-hydrogen) atoms. The molecule has 11 heteroatoms. The largest absolute Gasteiger partial charge is 0.352 e. The molecule has 0 aliphatic rings. The van der Waals surface area contributed by atoms with Crippen LogP contribution < -0.4 is 10.0 Å². The van der Waals surface area contributed by atoms with Crippen LogP contribution in [0.2, 0.25) is 0 Å². The molecule has 0 heterocycles. The number of carbonyl (C=O) groups excluding carboxylic acids is 1. The van der Waals surface area contributed by atoms with Crippen molar-refractivity contribution in [3.63, 3.8) is 0 Å². The Labute approximate surface area is 160 Å². The highest BCUT2D eigenvalue weighted by Crippen LogP contribution is 2.15. The lowest BCUT2D eigenvalue weighted by Crippen LogP contribution is -2.34. The molecule has 0 unspecified atom stereocenters. The van der Waals surface area contributed by atoms with E-state index >= 15 is 0 Å². The molecule has 0 saturated heterocycles. The van der Waals surface area contributed by atoms with Crippen molar-refractivity contribution in [3.05, 3.63) is 29.6 Å². The van der Waals surface area contributed by atoms with E-state index in [9.17, 15) is 26.0 Å². The van der Waals surface area contributed by atoms with Gasteiger partial charge in [0, 0.05) is 25.7 Å². The number of hydrogen-bond acceptors (Lipinski definition) is 5. The summed E-state index contributed by atoms with van der Waals surface area (Å²) in [6.45, 7) is 5.63. The van der Waals surface area contributed by atoms with Gasteiger partial charge < -0.3 is 5.32 Å². The summed E-state index contributed by atoms with van der Waals surface area (Å²) in [6, 6.07) is 2.63. The predicted molar refractivity (Wildman–Crippen MR) is 101 cm³/mol. The third kappa shape index (κ3) is 7.17. The third-order valence-corrected chi connectivity index (χ3v) is 6.61. The van der Waals surface area contributed by atoms with Crippen LogP contribution in [0.4, 0.5) is 4.39 Å². The van der Waals surface area contributed by atoms with E-state index in [1.807, 2.05) is 0 Å². The van der Waals surface area contributed by atoms with Gasteiger partial charge in [0.05, 0.1) is 16.7 Å². The van der Waals surface area contributed by atoms with E-state index in [2.05, 4.69) is 10.0 Å². The Bertz CT molecular complexity index is 870. The van der Waals surface area contributed by atoms with Gasteiger partial charge >= 0.3 is 0 Å². The van der Waals surface area contributed by atoms with Gasteiger partial charge in [0.1, 0.15) is 5.82 Å². The van der Waals surface area contributed by atoms with E-state index < -0.39 is 37.3 Å². The van der Waals surface area contributed by atoms with Crippen LogP contribution in [0.3, 0.4) is 0 Å². The van der Waals surface area contributed by atoms with Gasteiger partial charge in [-0.3, -0.25) is 4.79 Å². The second-order valence-electron chi connectivity index (χ2n) is 6.28. The van der Waals surface area contributed by atoms with Gasteiger partial charge in [-0.05, 0) is 38.5 Å². The van der Waals surface area contributed by atoms with E-state index in [4.69, 9.17) is 0 Å². The Morgan fingerprint density at radius 3 is 2.37 bits per heavy atom. The van der Waals surface area contributed by atoms with Crippen LogP contribution in [-0.2, 0) is 20.0 Å². The summed E-state index contributed by atoms with van der Waals surface area (Å²) in [5.41, 5.74) is -0.392. The molecule has 154 valence electrons. The molecule has 1 aromatic carbocycles. The van der Waals surface area contributed by atoms with E-state index in [1.165, 1.54) is 4.31 Å². The molecule has 0 fully saturated rings. The summed E-state index contributed by atoms with van der Waals surface area (Å²) in [5.74, 6) is -1.61. The maximum absolute atomic E-state index is 14.0. The summed E-state index contributed by atoms with van der Waals surface area (Å²) in [6.07, 6.45) is 1.43. The van der Waals surface area contributed by atoms with Crippen LogP contribution in [0.1, 0.15) is 37.6 Å². The molecule has 2 N–H and O–H groups in total. The monoisotopic (exact) mass is 423 g/mol. The smallest absolute Gasteiger partial charge is 0.254 e. The minimum Gasteiger partial charge on any atom is -0.352 e. The summed E-state index contributed by atoms with van der Waals surface area (Å²) >= 11 is 0. The molecule has 0 bridgehead atoms. The van der Waals surface area contributed by atoms with Crippen molar-refractivity contribution < 1.29 is 26.0 Å². The minimum absolute atomic E-state index is 0.117. The Kier molecular flexibility index (Phi) is 8.33. The van der Waals surface area contributed by atoms with Gasteiger partial charge in [-0.1, -0.05) is 6.92 Å². The van der Waals surface area contributed by atoms with E-state index in [1.54, 1.807) is 20.8 Å². The van der Waals surface area contributed by atoms with Crippen molar-refractivity contribution in [2.24, 2.45) is 0 Å². The fourth-order valence-electron chi connectivity index (χ4n) is 2.33. The van der Waals surface area contributed by atoms with Crippen molar-refractivity contribution >= 4 is 26.0 Å². The summed E-state index contributed by atoms with van der Waals surface area (Å²) in [4.78, 5) is 12.0. The first-order valence-corrected chi connectivity index (χ1v) is 11.8. The van der Waals surface area contributed by atoms with Crippen LogP contribution in [0.15, 0.2) is 23.1 Å². The van der Waals surface area contributed by atoms with Crippen LogP contribution in [0.25, 0.3) is 0 Å². The summed E-state index contributed by atoms with van der Waals surface area (Å²) in [5, 5.41) is 2.47. The lowest BCUT2D eigenvalue weighted by atomic mass is 10.2. The van der Waals surface area contributed by atoms with E-state index in [-0.39, 0.29) is 24.0 Å². The number of hydrogen-bond donors (Lipinski definition) is 2. The first-order chi connectivity index (χ1) is 12.4. The fraction of sp³-hybridized carbons (Fsp3) is 0.562. The molecule has 0 saturated carbocycles. The number of halogens is 1. The number of amides is 1. The second-order valence-corrected chi connectivity index (χ2v) is 9.98. The third-order valence-electron chi connectivity index (χ3n) is 3.58. The van der Waals surface area contributed by atoms with Crippen LogP contribution in [0, 0.1) is 5.82 Å². The fourth-order valence-corrected chi connectivity index (χ4v) is 4.54. The number of nitrogens with one attached hydrogen (secondary N) is 2. The zero-order chi connectivity index (χ0) is 20.8. The lowest BCUT2D eigenvalue weighted by molar-refractivity contribution is 0.0948. The Morgan fingerprint density at radius 2 is 1.85 bits per heavy atom. The molecule has 1 amide bonds. The van der Waals surface area contributed by atoms with Gasteiger partial charge in [-0.15, -0.1) is 0 Å². The highest BCUT2D eigenvalue weighted by molar-refractivity contribution is 7.89.